The Balaban J connectivity index is 1.85. The summed E-state index contributed by atoms with van der Waals surface area (Å²) < 4.78 is 11.2. The molecule has 1 N–H and O–H groups in total. The number of aryl methyl sites for hydroxylation is 1. The van der Waals surface area contributed by atoms with Gasteiger partial charge < -0.3 is 19.4 Å². The van der Waals surface area contributed by atoms with Gasteiger partial charge >= 0.3 is 0 Å². The zero-order valence-electron chi connectivity index (χ0n) is 15.2. The molecule has 1 aliphatic heterocycles. The largest absolute Gasteiger partial charge is 0.477 e. The van der Waals surface area contributed by atoms with E-state index in [1.807, 2.05) is 26.0 Å². The van der Waals surface area contributed by atoms with Crippen LogP contribution in [0.2, 0.25) is 0 Å². The highest BCUT2D eigenvalue weighted by molar-refractivity contribution is 5.96. The highest BCUT2D eigenvalue weighted by Gasteiger charge is 2.39. The van der Waals surface area contributed by atoms with Crippen molar-refractivity contribution in [2.45, 2.75) is 32.7 Å². The van der Waals surface area contributed by atoms with Gasteiger partial charge in [0.15, 0.2) is 0 Å². The van der Waals surface area contributed by atoms with E-state index in [-0.39, 0.29) is 23.8 Å². The first-order valence-corrected chi connectivity index (χ1v) is 8.70. The van der Waals surface area contributed by atoms with Crippen molar-refractivity contribution in [3.63, 3.8) is 0 Å². The molecular weight excluding hydrogens is 334 g/mol. The minimum absolute atomic E-state index is 0.0937. The molecule has 7 heteroatoms. The molecule has 0 saturated carbocycles. The summed E-state index contributed by atoms with van der Waals surface area (Å²) in [6.07, 6.45) is 1.60. The summed E-state index contributed by atoms with van der Waals surface area (Å²) in [4.78, 5) is 30.5. The first kappa shape index (κ1) is 18.0. The van der Waals surface area contributed by atoms with E-state index < -0.39 is 0 Å². The van der Waals surface area contributed by atoms with Gasteiger partial charge in [-0.15, -0.1) is 0 Å². The quantitative estimate of drug-likeness (QED) is 0.886. The maximum absolute atomic E-state index is 13.0. The molecule has 0 aromatic carbocycles. The van der Waals surface area contributed by atoms with Crippen LogP contribution in [0.25, 0.3) is 0 Å². The van der Waals surface area contributed by atoms with E-state index in [0.29, 0.717) is 31.1 Å². The van der Waals surface area contributed by atoms with Crippen molar-refractivity contribution in [1.29, 1.82) is 0 Å². The van der Waals surface area contributed by atoms with Gasteiger partial charge in [-0.2, -0.15) is 0 Å². The number of ether oxygens (including phenoxy) is 1. The number of nitrogens with one attached hydrogen (secondary N) is 1. The lowest BCUT2D eigenvalue weighted by molar-refractivity contribution is -0.119. The molecule has 1 aliphatic rings. The van der Waals surface area contributed by atoms with Gasteiger partial charge in [0.05, 0.1) is 18.6 Å². The van der Waals surface area contributed by atoms with Crippen molar-refractivity contribution in [2.24, 2.45) is 0 Å². The summed E-state index contributed by atoms with van der Waals surface area (Å²) in [6.45, 7) is 6.49. The molecule has 3 heterocycles. The molecule has 1 saturated heterocycles. The normalized spacial score (nSPS) is 19.4. The lowest BCUT2D eigenvalue weighted by Crippen LogP contribution is -2.39. The van der Waals surface area contributed by atoms with Gasteiger partial charge in [0.2, 0.25) is 11.8 Å². The minimum atomic E-state index is -0.200. The third kappa shape index (κ3) is 3.71. The highest BCUT2D eigenvalue weighted by Crippen LogP contribution is 2.31. The van der Waals surface area contributed by atoms with Gasteiger partial charge in [0.1, 0.15) is 17.1 Å². The smallest absolute Gasteiger partial charge is 0.259 e. The fraction of sp³-hybridized carbons (Fsp3) is 0.421. The van der Waals surface area contributed by atoms with Crippen molar-refractivity contribution in [1.82, 2.24) is 15.2 Å². The summed E-state index contributed by atoms with van der Waals surface area (Å²) in [5, 5.41) is 2.94. The van der Waals surface area contributed by atoms with E-state index in [1.165, 1.54) is 6.92 Å². The summed E-state index contributed by atoms with van der Waals surface area (Å²) in [5.41, 5.74) is 0.423. The van der Waals surface area contributed by atoms with Crippen LogP contribution in [0.1, 0.15) is 41.6 Å². The van der Waals surface area contributed by atoms with Crippen LogP contribution in [0.4, 0.5) is 0 Å². The number of hydrogen-bond acceptors (Lipinski definition) is 5. The first-order chi connectivity index (χ1) is 12.5. The van der Waals surface area contributed by atoms with Crippen LogP contribution < -0.4 is 10.1 Å². The van der Waals surface area contributed by atoms with Crippen LogP contribution in [-0.4, -0.2) is 47.4 Å². The molecule has 26 heavy (non-hydrogen) atoms. The van der Waals surface area contributed by atoms with E-state index in [1.54, 1.807) is 23.2 Å². The van der Waals surface area contributed by atoms with Gasteiger partial charge in [-0.05, 0) is 38.1 Å². The second kappa shape index (κ2) is 7.59. The van der Waals surface area contributed by atoms with Gasteiger partial charge in [-0.25, -0.2) is 4.98 Å². The maximum atomic E-state index is 13.0. The fourth-order valence-electron chi connectivity index (χ4n) is 3.29. The lowest BCUT2D eigenvalue weighted by Gasteiger charge is -2.18. The maximum Gasteiger partial charge on any atom is 0.259 e. The molecule has 2 atom stereocenters. The highest BCUT2D eigenvalue weighted by atomic mass is 16.5. The Labute approximate surface area is 152 Å². The third-order valence-electron chi connectivity index (χ3n) is 4.40. The predicted octanol–water partition coefficient (Wildman–Crippen LogP) is 2.13. The van der Waals surface area contributed by atoms with Crippen LogP contribution >= 0.6 is 0 Å². The van der Waals surface area contributed by atoms with Gasteiger partial charge in [0.25, 0.3) is 5.91 Å². The van der Waals surface area contributed by atoms with E-state index in [9.17, 15) is 9.59 Å². The lowest BCUT2D eigenvalue weighted by atomic mass is 10.0. The molecule has 0 spiro atoms. The third-order valence-corrected chi connectivity index (χ3v) is 4.40. The Hall–Kier alpha value is -2.83. The molecule has 3 rings (SSSR count). The van der Waals surface area contributed by atoms with Crippen molar-refractivity contribution in [3.05, 3.63) is 47.5 Å². The van der Waals surface area contributed by atoms with Crippen molar-refractivity contribution in [2.75, 3.05) is 19.7 Å². The number of likely N-dealkylation sites (tertiary alicyclic amines) is 1. The van der Waals surface area contributed by atoms with E-state index >= 15 is 0 Å². The molecular formula is C19H23N3O4. The Morgan fingerprint density at radius 1 is 1.35 bits per heavy atom. The molecule has 138 valence electrons. The molecule has 7 nitrogen and oxygen atoms in total. The Morgan fingerprint density at radius 3 is 2.81 bits per heavy atom. The van der Waals surface area contributed by atoms with E-state index in [0.717, 1.165) is 11.5 Å². The number of carbonyl (C=O) groups is 2. The molecule has 0 unspecified atom stereocenters. The van der Waals surface area contributed by atoms with Gasteiger partial charge in [-0.1, -0.05) is 0 Å². The van der Waals surface area contributed by atoms with Gasteiger partial charge in [-0.3, -0.25) is 9.59 Å². The van der Waals surface area contributed by atoms with Crippen molar-refractivity contribution >= 4 is 11.8 Å². The number of carbonyl (C=O) groups excluding carboxylic acids is 2. The first-order valence-electron chi connectivity index (χ1n) is 8.70. The Bertz CT molecular complexity index is 802. The van der Waals surface area contributed by atoms with Crippen molar-refractivity contribution in [3.8, 4) is 5.88 Å². The van der Waals surface area contributed by atoms with Crippen LogP contribution in [0.15, 0.2) is 34.9 Å². The number of aromatic nitrogens is 1. The minimum Gasteiger partial charge on any atom is -0.477 e. The Kier molecular flexibility index (Phi) is 5.25. The second-order valence-electron chi connectivity index (χ2n) is 6.36. The van der Waals surface area contributed by atoms with Crippen LogP contribution in [0.5, 0.6) is 5.88 Å². The van der Waals surface area contributed by atoms with E-state index in [2.05, 4.69) is 10.3 Å². The molecule has 2 amide bonds. The predicted molar refractivity (Wildman–Crippen MR) is 95.1 cm³/mol. The SMILES string of the molecule is CCOc1ncccc1C(=O)N1C[C@H](NC(C)=O)[C@@H](c2ccc(C)o2)C1. The number of rotatable bonds is 5. The topological polar surface area (TPSA) is 84.7 Å². The number of amides is 2. The number of furan rings is 1. The second-order valence-corrected chi connectivity index (χ2v) is 6.36. The average molecular weight is 357 g/mol. The standard InChI is InChI=1S/C19H23N3O4/c1-4-25-18-14(6-5-9-20-18)19(24)22-10-15(16(11-22)21-13(3)23)17-8-7-12(2)26-17/h5-9,15-16H,4,10-11H2,1-3H3,(H,21,23)/t15-,16-/m0/s1. The molecule has 0 bridgehead atoms. The van der Waals surface area contributed by atoms with Crippen LogP contribution in [0.3, 0.4) is 0 Å². The van der Waals surface area contributed by atoms with Crippen LogP contribution in [-0.2, 0) is 4.79 Å². The van der Waals surface area contributed by atoms with Crippen molar-refractivity contribution < 1.29 is 18.7 Å². The fourth-order valence-corrected chi connectivity index (χ4v) is 3.29. The summed E-state index contributed by atoms with van der Waals surface area (Å²) >= 11 is 0. The molecule has 1 fully saturated rings. The molecule has 0 radical (unpaired) electrons. The summed E-state index contributed by atoms with van der Waals surface area (Å²) in [6, 6.07) is 7.01. The number of nitrogens with zero attached hydrogens (tertiary/aromatic N) is 2. The summed E-state index contributed by atoms with van der Waals surface area (Å²) in [5.74, 6) is 1.51. The number of hydrogen-bond donors (Lipinski definition) is 1. The summed E-state index contributed by atoms with van der Waals surface area (Å²) in [7, 11) is 0. The van der Waals surface area contributed by atoms with E-state index in [4.69, 9.17) is 9.15 Å². The average Bonchev–Trinajstić information content (AvgIpc) is 3.21. The molecule has 0 aliphatic carbocycles. The number of pyridine rings is 1. The zero-order valence-corrected chi connectivity index (χ0v) is 15.2. The molecule has 2 aromatic rings. The van der Waals surface area contributed by atoms with Crippen LogP contribution in [0, 0.1) is 6.92 Å². The Morgan fingerprint density at radius 2 is 2.15 bits per heavy atom. The van der Waals surface area contributed by atoms with Gasteiger partial charge in [0, 0.05) is 26.2 Å². The zero-order chi connectivity index (χ0) is 18.7. The molecule has 2 aromatic heterocycles. The monoisotopic (exact) mass is 357 g/mol.